The van der Waals surface area contributed by atoms with Crippen molar-refractivity contribution in [3.8, 4) is 0 Å². The van der Waals surface area contributed by atoms with E-state index in [9.17, 15) is 9.59 Å². The van der Waals surface area contributed by atoms with Gasteiger partial charge in [-0.05, 0) is 29.8 Å². The van der Waals surface area contributed by atoms with Gasteiger partial charge in [-0.2, -0.15) is 0 Å². The minimum absolute atomic E-state index is 0.459. The molecule has 140 valence electrons. The second-order valence-corrected chi connectivity index (χ2v) is 6.46. The first kappa shape index (κ1) is 18.7. The third-order valence-corrected chi connectivity index (χ3v) is 4.50. The molecule has 0 bridgehead atoms. The lowest BCUT2D eigenvalue weighted by Crippen LogP contribution is -2.45. The molecule has 1 fully saturated rings. The normalized spacial score (nSPS) is 15.0. The molecule has 1 saturated heterocycles. The summed E-state index contributed by atoms with van der Waals surface area (Å²) in [5.74, 6) is -1.61. The summed E-state index contributed by atoms with van der Waals surface area (Å²) in [6.07, 6.45) is 1.82. The average Bonchev–Trinajstić information content (AvgIpc) is 2.68. The summed E-state index contributed by atoms with van der Waals surface area (Å²) in [5.41, 5.74) is 3.10. The molecule has 0 unspecified atom stereocenters. The maximum Gasteiger partial charge on any atom is 0.328 e. The van der Waals surface area contributed by atoms with Crippen molar-refractivity contribution in [2.75, 3.05) is 36.4 Å². The Labute approximate surface area is 158 Å². The Kier molecular flexibility index (Phi) is 6.22. The maximum atomic E-state index is 11.6. The Morgan fingerprint density at radius 1 is 0.926 bits per heavy atom. The minimum Gasteiger partial charge on any atom is -0.478 e. The Hall–Kier alpha value is -3.12. The number of carbonyl (C=O) groups excluding carboxylic acids is 1. The molecule has 2 aromatic rings. The van der Waals surface area contributed by atoms with Crippen molar-refractivity contribution < 1.29 is 14.7 Å². The van der Waals surface area contributed by atoms with E-state index in [4.69, 9.17) is 5.11 Å². The lowest BCUT2D eigenvalue weighted by molar-refractivity contribution is -0.131. The molecule has 1 amide bonds. The van der Waals surface area contributed by atoms with Crippen LogP contribution < -0.4 is 10.2 Å². The molecule has 0 atom stereocenters. The summed E-state index contributed by atoms with van der Waals surface area (Å²) in [4.78, 5) is 26.8. The number of carbonyl (C=O) groups is 2. The molecule has 0 aromatic heterocycles. The minimum atomic E-state index is -1.15. The Morgan fingerprint density at radius 3 is 2.22 bits per heavy atom. The van der Waals surface area contributed by atoms with Gasteiger partial charge in [0.05, 0.1) is 0 Å². The fourth-order valence-corrected chi connectivity index (χ4v) is 3.09. The van der Waals surface area contributed by atoms with Crippen molar-refractivity contribution in [1.82, 2.24) is 4.90 Å². The first-order chi connectivity index (χ1) is 13.1. The van der Waals surface area contributed by atoms with Gasteiger partial charge in [0.2, 0.25) is 5.91 Å². The van der Waals surface area contributed by atoms with Gasteiger partial charge in [-0.1, -0.05) is 30.3 Å². The molecule has 0 aliphatic carbocycles. The lowest BCUT2D eigenvalue weighted by Gasteiger charge is -2.36. The van der Waals surface area contributed by atoms with E-state index < -0.39 is 11.9 Å². The number of nitrogens with one attached hydrogen (secondary N) is 1. The fraction of sp³-hybridized carbons (Fsp3) is 0.238. The van der Waals surface area contributed by atoms with Crippen molar-refractivity contribution in [3.05, 3.63) is 72.3 Å². The third-order valence-electron chi connectivity index (χ3n) is 4.50. The second kappa shape index (κ2) is 9.00. The molecule has 1 aliphatic rings. The lowest BCUT2D eigenvalue weighted by atomic mass is 10.2. The summed E-state index contributed by atoms with van der Waals surface area (Å²) in [7, 11) is 0. The maximum absolute atomic E-state index is 11.6. The van der Waals surface area contributed by atoms with Crippen LogP contribution in [0.5, 0.6) is 0 Å². The number of benzene rings is 2. The van der Waals surface area contributed by atoms with Gasteiger partial charge in [0.1, 0.15) is 0 Å². The van der Waals surface area contributed by atoms with Crippen LogP contribution in [0.4, 0.5) is 11.4 Å². The van der Waals surface area contributed by atoms with Crippen molar-refractivity contribution in [3.63, 3.8) is 0 Å². The molecule has 6 nitrogen and oxygen atoms in total. The number of rotatable bonds is 6. The van der Waals surface area contributed by atoms with E-state index in [2.05, 4.69) is 39.4 Å². The van der Waals surface area contributed by atoms with E-state index in [1.165, 1.54) is 5.56 Å². The Balaban J connectivity index is 1.50. The predicted molar refractivity (Wildman–Crippen MR) is 106 cm³/mol. The zero-order chi connectivity index (χ0) is 19.1. The largest absolute Gasteiger partial charge is 0.478 e. The molecular formula is C21H23N3O3. The Morgan fingerprint density at radius 2 is 1.59 bits per heavy atom. The smallest absolute Gasteiger partial charge is 0.328 e. The van der Waals surface area contributed by atoms with E-state index in [1.54, 1.807) is 0 Å². The number of anilines is 2. The van der Waals surface area contributed by atoms with Gasteiger partial charge in [0.15, 0.2) is 0 Å². The Bertz CT molecular complexity index is 795. The molecule has 3 rings (SSSR count). The number of aliphatic carboxylic acids is 1. The summed E-state index contributed by atoms with van der Waals surface area (Å²) < 4.78 is 0. The average molecular weight is 365 g/mol. The molecule has 1 aliphatic heterocycles. The number of piperazine rings is 1. The van der Waals surface area contributed by atoms with Crippen LogP contribution in [-0.4, -0.2) is 48.1 Å². The van der Waals surface area contributed by atoms with Gasteiger partial charge in [0, 0.05) is 56.3 Å². The zero-order valence-corrected chi connectivity index (χ0v) is 15.0. The molecule has 0 radical (unpaired) electrons. The third kappa shape index (κ3) is 5.69. The van der Waals surface area contributed by atoms with Gasteiger partial charge >= 0.3 is 5.97 Å². The zero-order valence-electron chi connectivity index (χ0n) is 15.0. The van der Waals surface area contributed by atoms with Crippen molar-refractivity contribution in [2.45, 2.75) is 6.54 Å². The summed E-state index contributed by atoms with van der Waals surface area (Å²) in [6, 6.07) is 18.1. The highest BCUT2D eigenvalue weighted by Crippen LogP contribution is 2.20. The van der Waals surface area contributed by atoms with Crippen LogP contribution in [0.2, 0.25) is 0 Å². The standard InChI is InChI=1S/C21H23N3O3/c25-20(10-11-21(26)27)22-18-6-8-19(9-7-18)24-14-12-23(13-15-24)16-17-4-2-1-3-5-17/h1-11H,12-16H2,(H,22,25)(H,26,27). The molecule has 0 spiro atoms. The summed E-state index contributed by atoms with van der Waals surface area (Å²) in [6.45, 7) is 4.91. The van der Waals surface area contributed by atoms with Crippen molar-refractivity contribution in [1.29, 1.82) is 0 Å². The van der Waals surface area contributed by atoms with Crippen LogP contribution in [0, 0.1) is 0 Å². The molecule has 27 heavy (non-hydrogen) atoms. The molecule has 1 heterocycles. The van der Waals surface area contributed by atoms with Gasteiger partial charge < -0.3 is 15.3 Å². The quantitative estimate of drug-likeness (QED) is 0.770. The summed E-state index contributed by atoms with van der Waals surface area (Å²) >= 11 is 0. The van der Waals surface area contributed by atoms with Crippen LogP contribution >= 0.6 is 0 Å². The van der Waals surface area contributed by atoms with E-state index in [1.807, 2.05) is 30.3 Å². The van der Waals surface area contributed by atoms with Gasteiger partial charge in [0.25, 0.3) is 0 Å². The van der Waals surface area contributed by atoms with E-state index in [0.29, 0.717) is 5.69 Å². The first-order valence-corrected chi connectivity index (χ1v) is 8.93. The molecule has 6 heteroatoms. The number of nitrogens with zero attached hydrogens (tertiary/aromatic N) is 2. The number of carboxylic acid groups (broad SMARTS) is 1. The summed E-state index contributed by atoms with van der Waals surface area (Å²) in [5, 5.41) is 11.2. The highest BCUT2D eigenvalue weighted by atomic mass is 16.4. The number of hydrogen-bond donors (Lipinski definition) is 2. The number of carboxylic acids is 1. The predicted octanol–water partition coefficient (Wildman–Crippen LogP) is 2.59. The van der Waals surface area contributed by atoms with Crippen LogP contribution in [0.15, 0.2) is 66.7 Å². The fourth-order valence-electron chi connectivity index (χ4n) is 3.09. The van der Waals surface area contributed by atoms with Crippen LogP contribution in [0.3, 0.4) is 0 Å². The number of hydrogen-bond acceptors (Lipinski definition) is 4. The number of amides is 1. The van der Waals surface area contributed by atoms with E-state index in [-0.39, 0.29) is 0 Å². The SMILES string of the molecule is O=C(O)C=CC(=O)Nc1ccc(N2CCN(Cc3ccccc3)CC2)cc1. The highest BCUT2D eigenvalue weighted by molar-refractivity contribution is 6.02. The van der Waals surface area contributed by atoms with E-state index >= 15 is 0 Å². The van der Waals surface area contributed by atoms with E-state index in [0.717, 1.165) is 50.6 Å². The van der Waals surface area contributed by atoms with Crippen LogP contribution in [-0.2, 0) is 16.1 Å². The molecule has 2 aromatic carbocycles. The van der Waals surface area contributed by atoms with Gasteiger partial charge in [-0.15, -0.1) is 0 Å². The highest BCUT2D eigenvalue weighted by Gasteiger charge is 2.17. The van der Waals surface area contributed by atoms with Crippen molar-refractivity contribution in [2.24, 2.45) is 0 Å². The monoisotopic (exact) mass is 365 g/mol. The van der Waals surface area contributed by atoms with Crippen LogP contribution in [0.1, 0.15) is 5.56 Å². The van der Waals surface area contributed by atoms with Gasteiger partial charge in [-0.3, -0.25) is 9.69 Å². The molecule has 2 N–H and O–H groups in total. The molecule has 0 saturated carbocycles. The topological polar surface area (TPSA) is 72.9 Å². The van der Waals surface area contributed by atoms with Crippen molar-refractivity contribution >= 4 is 23.3 Å². The molecular weight excluding hydrogens is 342 g/mol. The van der Waals surface area contributed by atoms with Crippen LogP contribution in [0.25, 0.3) is 0 Å². The van der Waals surface area contributed by atoms with Gasteiger partial charge in [-0.25, -0.2) is 4.79 Å². The first-order valence-electron chi connectivity index (χ1n) is 8.93. The second-order valence-electron chi connectivity index (χ2n) is 6.46.